The summed E-state index contributed by atoms with van der Waals surface area (Å²) in [5.74, 6) is 2.06. The second kappa shape index (κ2) is 14.9. The van der Waals surface area contributed by atoms with Crippen LogP contribution in [0.1, 0.15) is 56.9 Å². The van der Waals surface area contributed by atoms with E-state index in [2.05, 4.69) is 208 Å². The molecule has 0 unspecified atom stereocenters. The molecule has 0 amide bonds. The van der Waals surface area contributed by atoms with Crippen molar-refractivity contribution in [2.75, 3.05) is 9.80 Å². The summed E-state index contributed by atoms with van der Waals surface area (Å²) in [6, 6.07) is 61.2. The van der Waals surface area contributed by atoms with Crippen molar-refractivity contribution >= 4 is 44.6 Å². The maximum absolute atomic E-state index is 6.66. The first-order valence-corrected chi connectivity index (χ1v) is 21.0. The topological polar surface area (TPSA) is 33.5 Å². The van der Waals surface area contributed by atoms with Gasteiger partial charge in [-0.05, 0) is 81.4 Å². The summed E-state index contributed by atoms with van der Waals surface area (Å²) in [4.78, 5) is 9.48. The molecule has 2 aromatic heterocycles. The molecule has 0 radical (unpaired) electrons. The number of anilines is 4. The van der Waals surface area contributed by atoms with Crippen molar-refractivity contribution in [2.45, 2.75) is 52.4 Å². The van der Waals surface area contributed by atoms with Crippen LogP contribution in [-0.4, -0.2) is 9.55 Å². The molecule has 0 atom stereocenters. The fourth-order valence-corrected chi connectivity index (χ4v) is 9.53. The van der Waals surface area contributed by atoms with E-state index in [-0.39, 0.29) is 31.9 Å². The SMILES string of the molecule is Cc1ccccc1-c1ccc2c(c1N1[CH-]N(c3[c-]c(Oc4[c-]c5c(cc4)c4ccccc4n5-c4cc(C(C)(C)C)ccn4)ccc3)c3ccccc31)-c1ccccc1C2(C)C.[Pt]. The van der Waals surface area contributed by atoms with Crippen molar-refractivity contribution in [3.05, 3.63) is 199 Å². The number of nitrogens with zero attached hydrogens (tertiary/aromatic N) is 4. The van der Waals surface area contributed by atoms with Gasteiger partial charge in [0.05, 0.1) is 0 Å². The molecule has 1 aliphatic heterocycles. The molecule has 0 N–H and O–H groups in total. The third kappa shape index (κ3) is 6.28. The van der Waals surface area contributed by atoms with Gasteiger partial charge >= 0.3 is 0 Å². The van der Waals surface area contributed by atoms with Crippen LogP contribution < -0.4 is 14.5 Å². The molecule has 0 saturated heterocycles. The normalized spacial score (nSPS) is 13.8. The first-order chi connectivity index (χ1) is 29.6. The van der Waals surface area contributed by atoms with E-state index < -0.39 is 0 Å². The molecule has 0 fully saturated rings. The second-order valence-electron chi connectivity index (χ2n) is 17.8. The molecule has 308 valence electrons. The van der Waals surface area contributed by atoms with Gasteiger partial charge in [-0.25, -0.2) is 4.98 Å². The minimum Gasteiger partial charge on any atom is -0.509 e. The molecule has 3 heterocycles. The number of para-hydroxylation sites is 3. The van der Waals surface area contributed by atoms with Crippen LogP contribution in [0, 0.1) is 25.7 Å². The maximum Gasteiger partial charge on any atom is 0.135 e. The van der Waals surface area contributed by atoms with E-state index in [4.69, 9.17) is 9.72 Å². The van der Waals surface area contributed by atoms with Crippen molar-refractivity contribution in [1.29, 1.82) is 0 Å². The number of aryl methyl sites for hydroxylation is 1. The summed E-state index contributed by atoms with van der Waals surface area (Å²) < 4.78 is 8.86. The van der Waals surface area contributed by atoms with Gasteiger partial charge in [0.2, 0.25) is 0 Å². The molecule has 7 aromatic carbocycles. The summed E-state index contributed by atoms with van der Waals surface area (Å²) in [7, 11) is 0. The van der Waals surface area contributed by atoms with Crippen molar-refractivity contribution in [1.82, 2.24) is 9.55 Å². The Kier molecular flexibility index (Phi) is 9.53. The van der Waals surface area contributed by atoms with Gasteiger partial charge in [0.25, 0.3) is 0 Å². The molecular weight excluding hydrogens is 940 g/mol. The largest absolute Gasteiger partial charge is 0.509 e. The van der Waals surface area contributed by atoms with Crippen molar-refractivity contribution < 1.29 is 25.8 Å². The molecule has 9 aromatic rings. The van der Waals surface area contributed by atoms with Crippen LogP contribution in [0.2, 0.25) is 0 Å². The number of pyridine rings is 1. The first-order valence-electron chi connectivity index (χ1n) is 21.0. The minimum absolute atomic E-state index is 0. The first kappa shape index (κ1) is 39.7. The zero-order valence-corrected chi connectivity index (χ0v) is 37.9. The van der Waals surface area contributed by atoms with Gasteiger partial charge in [-0.3, -0.25) is 0 Å². The number of benzene rings is 7. The fraction of sp³-hybridized carbons (Fsp3) is 0.143. The van der Waals surface area contributed by atoms with Crippen molar-refractivity contribution in [2.24, 2.45) is 0 Å². The van der Waals surface area contributed by atoms with Gasteiger partial charge in [0.1, 0.15) is 5.82 Å². The van der Waals surface area contributed by atoms with Gasteiger partial charge < -0.3 is 19.1 Å². The van der Waals surface area contributed by atoms with Crippen LogP contribution in [0.5, 0.6) is 11.5 Å². The van der Waals surface area contributed by atoms with E-state index in [1.165, 1.54) is 50.2 Å². The Hall–Kier alpha value is -6.42. The van der Waals surface area contributed by atoms with Gasteiger partial charge in [-0.15, -0.1) is 48.1 Å². The predicted molar refractivity (Wildman–Crippen MR) is 251 cm³/mol. The van der Waals surface area contributed by atoms with E-state index in [0.29, 0.717) is 11.5 Å². The van der Waals surface area contributed by atoms with Crippen LogP contribution >= 0.6 is 0 Å². The molecule has 0 bridgehead atoms. The van der Waals surface area contributed by atoms with Crippen LogP contribution in [-0.2, 0) is 31.9 Å². The molecule has 2 aliphatic rings. The zero-order chi connectivity index (χ0) is 41.6. The summed E-state index contributed by atoms with van der Waals surface area (Å²) in [5.41, 5.74) is 16.1. The van der Waals surface area contributed by atoms with E-state index in [9.17, 15) is 0 Å². The molecular formula is C56H45N4OPt-3. The Balaban J connectivity index is 0.00000458. The Morgan fingerprint density at radius 2 is 1.34 bits per heavy atom. The molecule has 11 rings (SSSR count). The maximum atomic E-state index is 6.66. The monoisotopic (exact) mass is 984 g/mol. The van der Waals surface area contributed by atoms with Crippen LogP contribution in [0.15, 0.2) is 158 Å². The summed E-state index contributed by atoms with van der Waals surface area (Å²) in [6.07, 6.45) is 1.90. The van der Waals surface area contributed by atoms with E-state index in [1.807, 2.05) is 24.4 Å². The van der Waals surface area contributed by atoms with Gasteiger partial charge in [-0.2, -0.15) is 12.1 Å². The van der Waals surface area contributed by atoms with Gasteiger partial charge in [0, 0.05) is 77.9 Å². The average molecular weight is 985 g/mol. The van der Waals surface area contributed by atoms with Crippen LogP contribution in [0.3, 0.4) is 0 Å². The second-order valence-corrected chi connectivity index (χ2v) is 17.8. The fourth-order valence-electron chi connectivity index (χ4n) is 9.53. The Morgan fingerprint density at radius 1 is 0.629 bits per heavy atom. The summed E-state index contributed by atoms with van der Waals surface area (Å²) in [5, 5.41) is 2.24. The van der Waals surface area contributed by atoms with Crippen molar-refractivity contribution in [3.63, 3.8) is 0 Å². The standard InChI is InChI=1S/C56H45N4O.Pt/c1-36-16-7-8-19-41(36)44-28-29-47-53(45-21-9-11-22-46(45)56(47,5)6)54(44)59-35-58(49-24-13-14-25-50(49)59)38-17-15-18-39(33-38)61-40-26-27-43-42-20-10-12-23-48(42)60(51(43)34-40)52-32-37(30-31-57-52)55(2,3)4;/h7-32,35H,1-6H3;/q-3;. The predicted octanol–water partition coefficient (Wildman–Crippen LogP) is 14.6. The number of ether oxygens (including phenoxy) is 1. The third-order valence-electron chi connectivity index (χ3n) is 12.7. The van der Waals surface area contributed by atoms with Gasteiger partial charge in [-0.1, -0.05) is 131 Å². The molecule has 6 heteroatoms. The Labute approximate surface area is 378 Å². The Bertz CT molecular complexity index is 3210. The average Bonchev–Trinajstić information content (AvgIpc) is 3.89. The quantitative estimate of drug-likeness (QED) is 0.156. The molecule has 62 heavy (non-hydrogen) atoms. The third-order valence-corrected chi connectivity index (χ3v) is 12.7. The number of aromatic nitrogens is 2. The van der Waals surface area contributed by atoms with Crippen molar-refractivity contribution in [3.8, 4) is 39.6 Å². The van der Waals surface area contributed by atoms with Crippen LogP contribution in [0.4, 0.5) is 22.7 Å². The molecule has 0 saturated carbocycles. The Morgan fingerprint density at radius 3 is 2.15 bits per heavy atom. The minimum atomic E-state index is -0.148. The zero-order valence-electron chi connectivity index (χ0n) is 35.6. The number of hydrogen-bond donors (Lipinski definition) is 0. The van der Waals surface area contributed by atoms with Gasteiger partial charge in [0.15, 0.2) is 0 Å². The van der Waals surface area contributed by atoms with E-state index in [0.717, 1.165) is 44.7 Å². The summed E-state index contributed by atoms with van der Waals surface area (Å²) in [6.45, 7) is 15.8. The molecule has 1 aliphatic carbocycles. The van der Waals surface area contributed by atoms with E-state index >= 15 is 0 Å². The van der Waals surface area contributed by atoms with E-state index in [1.54, 1.807) is 0 Å². The molecule has 5 nitrogen and oxygen atoms in total. The molecule has 0 spiro atoms. The van der Waals surface area contributed by atoms with Crippen LogP contribution in [0.25, 0.3) is 49.9 Å². The number of fused-ring (bicyclic) bond motifs is 7. The summed E-state index contributed by atoms with van der Waals surface area (Å²) >= 11 is 0. The smallest absolute Gasteiger partial charge is 0.135 e. The number of hydrogen-bond acceptors (Lipinski definition) is 4. The number of rotatable bonds is 6.